The van der Waals surface area contributed by atoms with Crippen LogP contribution in [0.25, 0.3) is 16.5 Å². The normalized spacial score (nSPS) is 22.9. The SMILES string of the molecule is COC(=O)[C@]1(OC(C)=O)C=C(c2ccc3occc3c2)[C@@H](OC(C)=O)[C@H](OC(C)=O)C1. The molecule has 0 amide bonds. The van der Waals surface area contributed by atoms with Crippen molar-refractivity contribution in [2.24, 2.45) is 0 Å². The van der Waals surface area contributed by atoms with Crippen LogP contribution >= 0.6 is 0 Å². The Balaban J connectivity index is 2.24. The lowest BCUT2D eigenvalue weighted by atomic mass is 9.79. The molecule has 1 aromatic carbocycles. The maximum absolute atomic E-state index is 12.7. The summed E-state index contributed by atoms with van der Waals surface area (Å²) in [4.78, 5) is 48.2. The van der Waals surface area contributed by atoms with E-state index < -0.39 is 41.7 Å². The van der Waals surface area contributed by atoms with Crippen LogP contribution in [0.2, 0.25) is 0 Å². The predicted molar refractivity (Wildman–Crippen MR) is 106 cm³/mol. The van der Waals surface area contributed by atoms with Gasteiger partial charge in [-0.15, -0.1) is 0 Å². The van der Waals surface area contributed by atoms with Crippen LogP contribution in [-0.2, 0) is 38.1 Å². The molecular formula is C22H22O9. The third kappa shape index (κ3) is 4.60. The van der Waals surface area contributed by atoms with Gasteiger partial charge < -0.3 is 23.4 Å². The minimum Gasteiger partial charge on any atom is -0.466 e. The Kier molecular flexibility index (Phi) is 6.14. The minimum absolute atomic E-state index is 0.283. The fraction of sp³-hybridized carbons (Fsp3) is 0.364. The molecule has 0 aliphatic heterocycles. The number of furan rings is 1. The van der Waals surface area contributed by atoms with E-state index in [0.29, 0.717) is 16.7 Å². The molecule has 0 saturated carbocycles. The number of hydrogen-bond donors (Lipinski definition) is 0. The Bertz CT molecular complexity index is 1060. The van der Waals surface area contributed by atoms with E-state index in [4.69, 9.17) is 23.4 Å². The summed E-state index contributed by atoms with van der Waals surface area (Å²) in [7, 11) is 1.15. The van der Waals surface area contributed by atoms with Gasteiger partial charge in [-0.2, -0.15) is 0 Å². The molecule has 0 fully saturated rings. The maximum Gasteiger partial charge on any atom is 0.354 e. The molecule has 31 heavy (non-hydrogen) atoms. The summed E-state index contributed by atoms with van der Waals surface area (Å²) in [6.45, 7) is 3.55. The number of benzene rings is 1. The topological polar surface area (TPSA) is 118 Å². The molecule has 3 rings (SSSR count). The first-order valence-electron chi connectivity index (χ1n) is 9.48. The number of esters is 4. The van der Waals surface area contributed by atoms with E-state index in [9.17, 15) is 19.2 Å². The Morgan fingerprint density at radius 3 is 2.32 bits per heavy atom. The highest BCUT2D eigenvalue weighted by Gasteiger charge is 2.52. The highest BCUT2D eigenvalue weighted by Crippen LogP contribution is 2.40. The van der Waals surface area contributed by atoms with Crippen LogP contribution in [0.5, 0.6) is 0 Å². The predicted octanol–water partition coefficient (Wildman–Crippen LogP) is 2.56. The van der Waals surface area contributed by atoms with Gasteiger partial charge in [-0.3, -0.25) is 14.4 Å². The molecule has 9 nitrogen and oxygen atoms in total. The maximum atomic E-state index is 12.7. The largest absolute Gasteiger partial charge is 0.466 e. The molecule has 0 N–H and O–H groups in total. The summed E-state index contributed by atoms with van der Waals surface area (Å²) in [6, 6.07) is 6.90. The number of fused-ring (bicyclic) bond motifs is 1. The summed E-state index contributed by atoms with van der Waals surface area (Å²) < 4.78 is 26.5. The molecule has 0 saturated heterocycles. The van der Waals surface area contributed by atoms with Gasteiger partial charge >= 0.3 is 23.9 Å². The molecule has 0 radical (unpaired) electrons. The van der Waals surface area contributed by atoms with Crippen LogP contribution in [0.1, 0.15) is 32.8 Å². The van der Waals surface area contributed by atoms with Gasteiger partial charge in [0.1, 0.15) is 11.7 Å². The Labute approximate surface area is 177 Å². The summed E-state index contributed by atoms with van der Waals surface area (Å²) in [5, 5.41) is 0.755. The molecule has 0 spiro atoms. The van der Waals surface area contributed by atoms with E-state index in [-0.39, 0.29) is 6.42 Å². The van der Waals surface area contributed by atoms with Crippen molar-refractivity contribution in [3.8, 4) is 0 Å². The molecule has 1 aliphatic rings. The molecule has 9 heteroatoms. The Morgan fingerprint density at radius 2 is 1.71 bits per heavy atom. The molecule has 2 aromatic rings. The lowest BCUT2D eigenvalue weighted by molar-refractivity contribution is -0.184. The number of methoxy groups -OCH3 is 1. The summed E-state index contributed by atoms with van der Waals surface area (Å²) in [5.41, 5.74) is -0.377. The average Bonchev–Trinajstić information content (AvgIpc) is 3.15. The molecule has 1 heterocycles. The second-order valence-electron chi connectivity index (χ2n) is 7.13. The highest BCUT2D eigenvalue weighted by molar-refractivity contribution is 5.91. The van der Waals surface area contributed by atoms with Crippen molar-refractivity contribution in [3.63, 3.8) is 0 Å². The first kappa shape index (κ1) is 22.1. The fourth-order valence-corrected chi connectivity index (χ4v) is 3.71. The molecule has 0 bridgehead atoms. The van der Waals surface area contributed by atoms with Crippen molar-refractivity contribution in [2.45, 2.75) is 45.0 Å². The Hall–Kier alpha value is -3.62. The number of rotatable bonds is 5. The van der Waals surface area contributed by atoms with Crippen molar-refractivity contribution in [2.75, 3.05) is 7.11 Å². The summed E-state index contributed by atoms with van der Waals surface area (Å²) in [5.74, 6) is -2.87. The third-order valence-corrected chi connectivity index (χ3v) is 4.79. The van der Waals surface area contributed by atoms with E-state index >= 15 is 0 Å². The quantitative estimate of drug-likeness (QED) is 0.521. The molecule has 0 unspecified atom stereocenters. The van der Waals surface area contributed by atoms with Crippen LogP contribution in [0.3, 0.4) is 0 Å². The van der Waals surface area contributed by atoms with E-state index in [2.05, 4.69) is 0 Å². The molecular weight excluding hydrogens is 408 g/mol. The molecule has 3 atom stereocenters. The second-order valence-corrected chi connectivity index (χ2v) is 7.13. The molecule has 1 aliphatic carbocycles. The smallest absolute Gasteiger partial charge is 0.354 e. The third-order valence-electron chi connectivity index (χ3n) is 4.79. The monoisotopic (exact) mass is 430 g/mol. The van der Waals surface area contributed by atoms with Gasteiger partial charge in [-0.05, 0) is 29.8 Å². The van der Waals surface area contributed by atoms with Gasteiger partial charge in [-0.1, -0.05) is 6.07 Å². The lowest BCUT2D eigenvalue weighted by Gasteiger charge is -2.39. The fourth-order valence-electron chi connectivity index (χ4n) is 3.71. The van der Waals surface area contributed by atoms with Crippen molar-refractivity contribution in [1.29, 1.82) is 0 Å². The Morgan fingerprint density at radius 1 is 1.00 bits per heavy atom. The molecule has 1 aromatic heterocycles. The van der Waals surface area contributed by atoms with Crippen LogP contribution < -0.4 is 0 Å². The van der Waals surface area contributed by atoms with Gasteiger partial charge in [0.25, 0.3) is 0 Å². The van der Waals surface area contributed by atoms with Crippen molar-refractivity contribution < 1.29 is 42.5 Å². The van der Waals surface area contributed by atoms with Crippen molar-refractivity contribution >= 4 is 40.4 Å². The van der Waals surface area contributed by atoms with Crippen molar-refractivity contribution in [1.82, 2.24) is 0 Å². The van der Waals surface area contributed by atoms with E-state index in [1.807, 2.05) is 0 Å². The first-order valence-corrected chi connectivity index (χ1v) is 9.48. The number of carbonyl (C=O) groups is 4. The zero-order valence-electron chi connectivity index (χ0n) is 17.5. The van der Waals surface area contributed by atoms with E-state index in [1.165, 1.54) is 26.2 Å². The van der Waals surface area contributed by atoms with Crippen LogP contribution in [-0.4, -0.2) is 48.8 Å². The van der Waals surface area contributed by atoms with Crippen molar-refractivity contribution in [3.05, 3.63) is 42.2 Å². The minimum atomic E-state index is -1.88. The van der Waals surface area contributed by atoms with E-state index in [1.54, 1.807) is 24.3 Å². The van der Waals surface area contributed by atoms with Crippen LogP contribution in [0.15, 0.2) is 41.0 Å². The summed E-state index contributed by atoms with van der Waals surface area (Å²) in [6.07, 6.45) is 0.467. The lowest BCUT2D eigenvalue weighted by Crippen LogP contribution is -2.52. The number of carbonyl (C=O) groups excluding carboxylic acids is 4. The van der Waals surface area contributed by atoms with Gasteiger partial charge in [-0.25, -0.2) is 4.79 Å². The molecule has 164 valence electrons. The van der Waals surface area contributed by atoms with Gasteiger partial charge in [0, 0.05) is 38.2 Å². The van der Waals surface area contributed by atoms with Crippen LogP contribution in [0, 0.1) is 0 Å². The highest BCUT2D eigenvalue weighted by atomic mass is 16.6. The van der Waals surface area contributed by atoms with Gasteiger partial charge in [0.15, 0.2) is 6.10 Å². The second kappa shape index (κ2) is 8.63. The number of ether oxygens (including phenoxy) is 4. The average molecular weight is 430 g/mol. The zero-order chi connectivity index (χ0) is 22.8. The first-order chi connectivity index (χ1) is 14.6. The number of hydrogen-bond acceptors (Lipinski definition) is 9. The van der Waals surface area contributed by atoms with E-state index in [0.717, 1.165) is 19.4 Å². The summed E-state index contributed by atoms with van der Waals surface area (Å²) >= 11 is 0. The standard InChI is InChI=1S/C22H22O9/c1-12(23)29-19-11-22(21(26)27-4,31-14(3)25)10-17(20(19)30-13(2)24)15-5-6-18-16(9-15)7-8-28-18/h5-10,19-20H,11H2,1-4H3/t19-,20-,22+/m1/s1. The zero-order valence-corrected chi connectivity index (χ0v) is 17.5. The van der Waals surface area contributed by atoms with Crippen LogP contribution in [0.4, 0.5) is 0 Å². The van der Waals surface area contributed by atoms with Gasteiger partial charge in [0.05, 0.1) is 13.4 Å². The van der Waals surface area contributed by atoms with Gasteiger partial charge in [0.2, 0.25) is 5.60 Å².